The highest BCUT2D eigenvalue weighted by Gasteiger charge is 2.16. The van der Waals surface area contributed by atoms with Gasteiger partial charge in [-0.2, -0.15) is 4.68 Å². The molecule has 34 heavy (non-hydrogen) atoms. The molecule has 13 heteroatoms. The highest BCUT2D eigenvalue weighted by atomic mass is 32.1. The first kappa shape index (κ1) is 24.7. The van der Waals surface area contributed by atoms with Crippen LogP contribution in [0.4, 0.5) is 5.69 Å². The van der Waals surface area contributed by atoms with Crippen molar-refractivity contribution in [1.82, 2.24) is 9.66 Å². The third kappa shape index (κ3) is 5.00. The predicted molar refractivity (Wildman–Crippen MR) is 131 cm³/mol. The number of aromatic amines is 1. The summed E-state index contributed by atoms with van der Waals surface area (Å²) >= 11 is 10.6. The number of anilines is 1. The van der Waals surface area contributed by atoms with Gasteiger partial charge in [-0.15, -0.1) is 0 Å². The van der Waals surface area contributed by atoms with Crippen LogP contribution in [0.2, 0.25) is 0 Å². The average Bonchev–Trinajstić information content (AvgIpc) is 2.84. The van der Waals surface area contributed by atoms with Crippen LogP contribution in [0.5, 0.6) is 11.5 Å². The summed E-state index contributed by atoms with van der Waals surface area (Å²) in [5.41, 5.74) is 3.10. The fraction of sp³-hybridized carbons (Fsp3) is 0.190. The lowest BCUT2D eigenvalue weighted by molar-refractivity contribution is 0.0599. The number of aromatic nitrogens is 2. The number of ether oxygens (including phenoxy) is 4. The third-order valence-electron chi connectivity index (χ3n) is 4.65. The number of rotatable bonds is 6. The van der Waals surface area contributed by atoms with E-state index in [9.17, 15) is 14.4 Å². The Morgan fingerprint density at radius 1 is 0.912 bits per heavy atom. The minimum Gasteiger partial charge on any atom is -0.493 e. The highest BCUT2D eigenvalue weighted by molar-refractivity contribution is 7.80. The maximum Gasteiger partial charge on any atom is 0.337 e. The van der Waals surface area contributed by atoms with Crippen LogP contribution in [0, 0.1) is 4.77 Å². The van der Waals surface area contributed by atoms with E-state index in [1.165, 1.54) is 52.7 Å². The molecule has 3 N–H and O–H groups in total. The van der Waals surface area contributed by atoms with Crippen LogP contribution in [0.1, 0.15) is 20.7 Å². The molecule has 3 aromatic rings. The van der Waals surface area contributed by atoms with Gasteiger partial charge in [0.1, 0.15) is 0 Å². The van der Waals surface area contributed by atoms with E-state index in [1.807, 2.05) is 0 Å². The van der Waals surface area contributed by atoms with E-state index in [0.29, 0.717) is 17.0 Å². The molecule has 0 unspecified atom stereocenters. The second kappa shape index (κ2) is 10.3. The Kier molecular flexibility index (Phi) is 7.48. The Morgan fingerprint density at radius 3 is 2.00 bits per heavy atom. The number of nitrogens with zero attached hydrogens (tertiary/aromatic N) is 1. The van der Waals surface area contributed by atoms with Crippen LogP contribution >= 0.6 is 24.4 Å². The van der Waals surface area contributed by atoms with Crippen molar-refractivity contribution in [3.05, 3.63) is 56.6 Å². The summed E-state index contributed by atoms with van der Waals surface area (Å²) < 4.78 is 21.0. The third-order valence-corrected chi connectivity index (χ3v) is 5.13. The molecule has 0 saturated carbocycles. The van der Waals surface area contributed by atoms with Crippen molar-refractivity contribution in [2.75, 3.05) is 39.2 Å². The van der Waals surface area contributed by atoms with Crippen LogP contribution in [-0.4, -0.2) is 55.2 Å². The van der Waals surface area contributed by atoms with Gasteiger partial charge in [0.25, 0.3) is 5.56 Å². The molecule has 0 aliphatic heterocycles. The molecule has 1 aromatic heterocycles. The molecule has 0 aliphatic rings. The Bertz CT molecular complexity index is 1380. The molecule has 3 rings (SSSR count). The molecule has 0 fully saturated rings. The molecule has 0 atom stereocenters. The van der Waals surface area contributed by atoms with E-state index >= 15 is 0 Å². The Labute approximate surface area is 203 Å². The van der Waals surface area contributed by atoms with E-state index in [2.05, 4.69) is 15.7 Å². The summed E-state index contributed by atoms with van der Waals surface area (Å²) in [6.45, 7) is 0. The van der Waals surface area contributed by atoms with Crippen molar-refractivity contribution in [3.8, 4) is 11.5 Å². The van der Waals surface area contributed by atoms with E-state index in [4.69, 9.17) is 43.4 Å². The first-order valence-electron chi connectivity index (χ1n) is 9.53. The largest absolute Gasteiger partial charge is 0.493 e. The van der Waals surface area contributed by atoms with Gasteiger partial charge in [0.2, 0.25) is 0 Å². The summed E-state index contributed by atoms with van der Waals surface area (Å²) in [6.07, 6.45) is 0. The number of benzene rings is 2. The molecule has 11 nitrogen and oxygen atoms in total. The van der Waals surface area contributed by atoms with Gasteiger partial charge in [0, 0.05) is 11.8 Å². The highest BCUT2D eigenvalue weighted by Crippen LogP contribution is 2.29. The van der Waals surface area contributed by atoms with Crippen LogP contribution in [-0.2, 0) is 9.47 Å². The lowest BCUT2D eigenvalue weighted by Crippen LogP contribution is -2.36. The van der Waals surface area contributed by atoms with Crippen molar-refractivity contribution in [2.45, 2.75) is 0 Å². The predicted octanol–water partition coefficient (Wildman–Crippen LogP) is 2.59. The van der Waals surface area contributed by atoms with Gasteiger partial charge in [-0.3, -0.25) is 10.2 Å². The topological polar surface area (TPSA) is 133 Å². The number of methoxy groups -OCH3 is 4. The molecule has 0 saturated heterocycles. The van der Waals surface area contributed by atoms with Crippen LogP contribution < -0.4 is 25.8 Å². The van der Waals surface area contributed by atoms with E-state index in [0.717, 1.165) is 4.68 Å². The number of esters is 2. The zero-order valence-electron chi connectivity index (χ0n) is 18.5. The molecule has 178 valence electrons. The lowest BCUT2D eigenvalue weighted by Gasteiger charge is -2.15. The second-order valence-electron chi connectivity index (χ2n) is 6.67. The number of H-pyrrole nitrogens is 1. The monoisotopic (exact) mass is 504 g/mol. The standard InChI is InChI=1S/C21H20N4O7S2/c1-29-15-8-13-14(9-16(15)30-2)23-21(34)25(17(13)26)24-20(33)22-12-6-10(18(27)31-3)5-11(7-12)19(28)32-4/h5-9H,1-4H3,(H,23,34)(H2,22,24,33). The van der Waals surface area contributed by atoms with E-state index in [1.54, 1.807) is 6.07 Å². The Morgan fingerprint density at radius 2 is 1.47 bits per heavy atom. The van der Waals surface area contributed by atoms with Crippen molar-refractivity contribution >= 4 is 58.1 Å². The average molecular weight is 505 g/mol. The van der Waals surface area contributed by atoms with Crippen molar-refractivity contribution < 1.29 is 28.5 Å². The number of carbonyl (C=O) groups is 2. The Balaban J connectivity index is 1.96. The summed E-state index contributed by atoms with van der Waals surface area (Å²) in [4.78, 5) is 40.0. The van der Waals surface area contributed by atoms with Gasteiger partial charge in [0.15, 0.2) is 21.4 Å². The number of thiocarbonyl (C=S) groups is 1. The molecule has 1 heterocycles. The molecule has 0 bridgehead atoms. The van der Waals surface area contributed by atoms with Gasteiger partial charge in [0.05, 0.1) is 50.5 Å². The first-order chi connectivity index (χ1) is 16.2. The molecular formula is C21H20N4O7S2. The summed E-state index contributed by atoms with van der Waals surface area (Å²) in [6, 6.07) is 7.28. The zero-order chi connectivity index (χ0) is 25.0. The second-order valence-corrected chi connectivity index (χ2v) is 7.47. The number of hydrogen-bond acceptors (Lipinski definition) is 9. The molecule has 0 radical (unpaired) electrons. The Hall–Kier alpha value is -3.97. The number of nitrogens with one attached hydrogen (secondary N) is 3. The minimum atomic E-state index is -0.662. The first-order valence-corrected chi connectivity index (χ1v) is 10.3. The van der Waals surface area contributed by atoms with Gasteiger partial charge in [-0.05, 0) is 48.7 Å². The van der Waals surface area contributed by atoms with Crippen LogP contribution in [0.15, 0.2) is 35.1 Å². The zero-order valence-corrected chi connectivity index (χ0v) is 20.1. The van der Waals surface area contributed by atoms with E-state index < -0.39 is 17.5 Å². The van der Waals surface area contributed by atoms with Gasteiger partial charge >= 0.3 is 11.9 Å². The maximum absolute atomic E-state index is 13.1. The number of carbonyl (C=O) groups excluding carboxylic acids is 2. The van der Waals surface area contributed by atoms with Crippen LogP contribution in [0.25, 0.3) is 10.9 Å². The van der Waals surface area contributed by atoms with E-state index in [-0.39, 0.29) is 32.1 Å². The summed E-state index contributed by atoms with van der Waals surface area (Å²) in [7, 11) is 5.36. The molecule has 0 amide bonds. The van der Waals surface area contributed by atoms with Crippen molar-refractivity contribution in [3.63, 3.8) is 0 Å². The quantitative estimate of drug-likeness (QED) is 0.338. The number of fused-ring (bicyclic) bond motifs is 1. The minimum absolute atomic E-state index is 0.0347. The van der Waals surface area contributed by atoms with Gasteiger partial charge in [-0.25, -0.2) is 9.59 Å². The smallest absolute Gasteiger partial charge is 0.337 e. The van der Waals surface area contributed by atoms with Crippen molar-refractivity contribution in [2.24, 2.45) is 0 Å². The fourth-order valence-corrected chi connectivity index (χ4v) is 3.52. The van der Waals surface area contributed by atoms with Gasteiger partial charge < -0.3 is 29.2 Å². The van der Waals surface area contributed by atoms with Crippen LogP contribution in [0.3, 0.4) is 0 Å². The maximum atomic E-state index is 13.1. The van der Waals surface area contributed by atoms with Gasteiger partial charge in [-0.1, -0.05) is 0 Å². The normalized spacial score (nSPS) is 10.4. The summed E-state index contributed by atoms with van der Waals surface area (Å²) in [5.74, 6) is -0.537. The lowest BCUT2D eigenvalue weighted by atomic mass is 10.1. The fourth-order valence-electron chi connectivity index (χ4n) is 3.08. The summed E-state index contributed by atoms with van der Waals surface area (Å²) in [5, 5.41) is 3.04. The molecule has 2 aromatic carbocycles. The number of hydrogen-bond donors (Lipinski definition) is 3. The SMILES string of the molecule is COC(=O)c1cc(NC(=S)Nn2c(=S)[nH]c3cc(OC)c(OC)cc3c2=O)cc(C(=O)OC)c1. The van der Waals surface area contributed by atoms with Crippen molar-refractivity contribution in [1.29, 1.82) is 0 Å². The molecular weight excluding hydrogens is 484 g/mol. The molecule has 0 spiro atoms. The molecule has 0 aliphatic carbocycles.